The Morgan fingerprint density at radius 3 is 2.50 bits per heavy atom. The van der Waals surface area contributed by atoms with Crippen LogP contribution in [0.1, 0.15) is 10.4 Å². The number of nitrogens with zero attached hydrogens (tertiary/aromatic N) is 1. The van der Waals surface area contributed by atoms with E-state index in [0.717, 1.165) is 0 Å². The summed E-state index contributed by atoms with van der Waals surface area (Å²) in [6.45, 7) is 0.0330. The number of carboxylic acid groups (broad SMARTS) is 1. The molecular formula is C13H14ClNO5. The van der Waals surface area contributed by atoms with Gasteiger partial charge in [-0.15, -0.1) is 0 Å². The number of carbonyl (C=O) groups excluding carboxylic acids is 1. The molecule has 108 valence electrons. The van der Waals surface area contributed by atoms with Crippen molar-refractivity contribution >= 4 is 23.5 Å². The SMILES string of the molecule is COc1cc(C(=O)N2CC(OC)(C(=O)O)C2)ccc1Cl. The Morgan fingerprint density at radius 1 is 1.35 bits per heavy atom. The van der Waals surface area contributed by atoms with E-state index in [2.05, 4.69) is 0 Å². The van der Waals surface area contributed by atoms with E-state index < -0.39 is 11.6 Å². The van der Waals surface area contributed by atoms with Gasteiger partial charge in [-0.25, -0.2) is 4.79 Å². The van der Waals surface area contributed by atoms with E-state index in [1.807, 2.05) is 0 Å². The zero-order valence-corrected chi connectivity index (χ0v) is 11.8. The van der Waals surface area contributed by atoms with E-state index in [1.165, 1.54) is 25.2 Å². The molecule has 0 spiro atoms. The van der Waals surface area contributed by atoms with Crippen LogP contribution in [0.15, 0.2) is 18.2 Å². The van der Waals surface area contributed by atoms with Crippen LogP contribution in [0, 0.1) is 0 Å². The molecular weight excluding hydrogens is 286 g/mol. The van der Waals surface area contributed by atoms with Crippen LogP contribution in [0.25, 0.3) is 0 Å². The van der Waals surface area contributed by atoms with Crippen LogP contribution >= 0.6 is 11.6 Å². The van der Waals surface area contributed by atoms with Crippen molar-refractivity contribution in [1.82, 2.24) is 4.90 Å². The maximum absolute atomic E-state index is 12.2. The number of likely N-dealkylation sites (tertiary alicyclic amines) is 1. The number of hydrogen-bond acceptors (Lipinski definition) is 4. The summed E-state index contributed by atoms with van der Waals surface area (Å²) in [4.78, 5) is 24.7. The normalized spacial score (nSPS) is 16.4. The highest BCUT2D eigenvalue weighted by Gasteiger charge is 2.52. The molecule has 1 heterocycles. The first-order valence-corrected chi connectivity index (χ1v) is 6.22. The maximum atomic E-state index is 12.2. The monoisotopic (exact) mass is 299 g/mol. The molecule has 0 unspecified atom stereocenters. The van der Waals surface area contributed by atoms with Gasteiger partial charge < -0.3 is 19.5 Å². The van der Waals surface area contributed by atoms with E-state index in [-0.39, 0.29) is 19.0 Å². The number of hydrogen-bond donors (Lipinski definition) is 1. The summed E-state index contributed by atoms with van der Waals surface area (Å²) >= 11 is 5.89. The number of amides is 1. The first-order chi connectivity index (χ1) is 9.43. The van der Waals surface area contributed by atoms with Crippen molar-refractivity contribution in [2.75, 3.05) is 27.3 Å². The summed E-state index contributed by atoms with van der Waals surface area (Å²) in [5.41, 5.74) is -0.909. The summed E-state index contributed by atoms with van der Waals surface area (Å²) in [6.07, 6.45) is 0. The molecule has 0 atom stereocenters. The molecule has 1 aliphatic heterocycles. The Labute approximate surface area is 120 Å². The zero-order chi connectivity index (χ0) is 14.9. The van der Waals surface area contributed by atoms with Crippen LogP contribution in [0.3, 0.4) is 0 Å². The molecule has 2 rings (SSSR count). The molecule has 1 aliphatic rings. The third kappa shape index (κ3) is 2.32. The molecule has 0 saturated carbocycles. The van der Waals surface area contributed by atoms with Gasteiger partial charge in [0.15, 0.2) is 5.60 Å². The molecule has 1 fully saturated rings. The molecule has 1 amide bonds. The highest BCUT2D eigenvalue weighted by atomic mass is 35.5. The molecule has 0 radical (unpaired) electrons. The quantitative estimate of drug-likeness (QED) is 0.906. The van der Waals surface area contributed by atoms with Gasteiger partial charge in [0.05, 0.1) is 25.2 Å². The minimum Gasteiger partial charge on any atom is -0.495 e. The lowest BCUT2D eigenvalue weighted by molar-refractivity contribution is -0.179. The molecule has 6 nitrogen and oxygen atoms in total. The van der Waals surface area contributed by atoms with Crippen molar-refractivity contribution < 1.29 is 24.2 Å². The largest absolute Gasteiger partial charge is 0.495 e. The van der Waals surface area contributed by atoms with E-state index in [4.69, 9.17) is 26.2 Å². The molecule has 1 aromatic rings. The minimum absolute atomic E-state index is 0.0165. The number of carboxylic acids is 1. The molecule has 0 aliphatic carbocycles. The number of carbonyl (C=O) groups is 2. The van der Waals surface area contributed by atoms with Crippen LogP contribution in [0.5, 0.6) is 5.75 Å². The van der Waals surface area contributed by atoms with E-state index >= 15 is 0 Å². The highest BCUT2D eigenvalue weighted by Crippen LogP contribution is 2.29. The van der Waals surface area contributed by atoms with Crippen LogP contribution in [0.2, 0.25) is 5.02 Å². The summed E-state index contributed by atoms with van der Waals surface area (Å²) in [6, 6.07) is 4.66. The number of ether oxygens (including phenoxy) is 2. The Hall–Kier alpha value is -1.79. The number of rotatable bonds is 4. The van der Waals surface area contributed by atoms with E-state index in [9.17, 15) is 9.59 Å². The molecule has 1 N–H and O–H groups in total. The van der Waals surface area contributed by atoms with Gasteiger partial charge in [0.25, 0.3) is 5.91 Å². The Balaban J connectivity index is 2.13. The van der Waals surface area contributed by atoms with Crippen molar-refractivity contribution in [3.63, 3.8) is 0 Å². The van der Waals surface area contributed by atoms with Gasteiger partial charge in [0, 0.05) is 12.7 Å². The Kier molecular flexibility index (Phi) is 3.87. The minimum atomic E-state index is -1.30. The highest BCUT2D eigenvalue weighted by molar-refractivity contribution is 6.32. The van der Waals surface area contributed by atoms with Crippen LogP contribution < -0.4 is 4.74 Å². The Morgan fingerprint density at radius 2 is 2.00 bits per heavy atom. The number of methoxy groups -OCH3 is 2. The Bertz CT molecular complexity index is 554. The standard InChI is InChI=1S/C13H14ClNO5/c1-19-10-5-8(3-4-9(10)14)11(16)15-6-13(7-15,20-2)12(17)18/h3-5H,6-7H2,1-2H3,(H,17,18). The number of aliphatic carboxylic acids is 1. The first-order valence-electron chi connectivity index (χ1n) is 5.85. The van der Waals surface area contributed by atoms with E-state index in [1.54, 1.807) is 12.1 Å². The van der Waals surface area contributed by atoms with Crippen LogP contribution in [-0.4, -0.2) is 54.8 Å². The lowest BCUT2D eigenvalue weighted by Gasteiger charge is -2.45. The molecule has 20 heavy (non-hydrogen) atoms. The van der Waals surface area contributed by atoms with Crippen LogP contribution in [0.4, 0.5) is 0 Å². The first kappa shape index (κ1) is 14.6. The lowest BCUT2D eigenvalue weighted by atomic mass is 9.93. The molecule has 0 aromatic heterocycles. The molecule has 7 heteroatoms. The molecule has 1 aromatic carbocycles. The van der Waals surface area contributed by atoms with Crippen molar-refractivity contribution in [1.29, 1.82) is 0 Å². The van der Waals surface area contributed by atoms with Gasteiger partial charge in [0.2, 0.25) is 0 Å². The third-order valence-corrected chi connectivity index (χ3v) is 3.67. The fraction of sp³-hybridized carbons (Fsp3) is 0.385. The van der Waals surface area contributed by atoms with Crippen molar-refractivity contribution in [3.05, 3.63) is 28.8 Å². The second kappa shape index (κ2) is 5.30. The average molecular weight is 300 g/mol. The van der Waals surface area contributed by atoms with Gasteiger partial charge in [-0.1, -0.05) is 11.6 Å². The van der Waals surface area contributed by atoms with Gasteiger partial charge in [-0.05, 0) is 18.2 Å². The zero-order valence-electron chi connectivity index (χ0n) is 11.1. The maximum Gasteiger partial charge on any atom is 0.339 e. The summed E-state index contributed by atoms with van der Waals surface area (Å²) in [5.74, 6) is -0.957. The number of halogens is 1. The predicted octanol–water partition coefficient (Wildman–Crippen LogP) is 1.27. The number of benzene rings is 1. The van der Waals surface area contributed by atoms with Crippen molar-refractivity contribution in [3.8, 4) is 5.75 Å². The fourth-order valence-corrected chi connectivity index (χ4v) is 2.24. The van der Waals surface area contributed by atoms with Crippen molar-refractivity contribution in [2.45, 2.75) is 5.60 Å². The van der Waals surface area contributed by atoms with Crippen LogP contribution in [-0.2, 0) is 9.53 Å². The molecule has 0 bridgehead atoms. The summed E-state index contributed by atoms with van der Waals surface area (Å²) in [5, 5.41) is 9.48. The van der Waals surface area contributed by atoms with Crippen molar-refractivity contribution in [2.24, 2.45) is 0 Å². The predicted molar refractivity (Wildman–Crippen MR) is 71.3 cm³/mol. The van der Waals surface area contributed by atoms with E-state index in [0.29, 0.717) is 16.3 Å². The smallest absolute Gasteiger partial charge is 0.339 e. The summed E-state index contributed by atoms with van der Waals surface area (Å²) in [7, 11) is 2.78. The summed E-state index contributed by atoms with van der Waals surface area (Å²) < 4.78 is 10.0. The topological polar surface area (TPSA) is 76.1 Å². The second-order valence-corrected chi connectivity index (χ2v) is 4.92. The average Bonchev–Trinajstić information content (AvgIpc) is 2.38. The molecule has 1 saturated heterocycles. The van der Waals surface area contributed by atoms with Gasteiger partial charge in [0.1, 0.15) is 5.75 Å². The third-order valence-electron chi connectivity index (χ3n) is 3.36. The van der Waals surface area contributed by atoms with Gasteiger partial charge >= 0.3 is 5.97 Å². The lowest BCUT2D eigenvalue weighted by Crippen LogP contribution is -2.68. The van der Waals surface area contributed by atoms with Gasteiger partial charge in [-0.2, -0.15) is 0 Å². The second-order valence-electron chi connectivity index (χ2n) is 4.51. The van der Waals surface area contributed by atoms with Gasteiger partial charge in [-0.3, -0.25) is 4.79 Å². The fourth-order valence-electron chi connectivity index (χ4n) is 2.04.